The Bertz CT molecular complexity index is 561. The first kappa shape index (κ1) is 13.1. The van der Waals surface area contributed by atoms with Crippen molar-refractivity contribution in [2.24, 2.45) is 0 Å². The number of ether oxygens (including phenoxy) is 2. The van der Waals surface area contributed by atoms with E-state index in [0.29, 0.717) is 11.5 Å². The molecule has 0 radical (unpaired) electrons. The van der Waals surface area contributed by atoms with E-state index in [1.54, 1.807) is 12.1 Å². The molecule has 0 unspecified atom stereocenters. The van der Waals surface area contributed by atoms with E-state index in [2.05, 4.69) is 0 Å². The molecule has 2 rings (SSSR count). The summed E-state index contributed by atoms with van der Waals surface area (Å²) in [5.41, 5.74) is 2.17. The highest BCUT2D eigenvalue weighted by molar-refractivity contribution is 5.74. The van der Waals surface area contributed by atoms with Crippen LogP contribution in [0, 0.1) is 13.8 Å². The Kier molecular flexibility index (Phi) is 4.18. The maximum atomic E-state index is 11.6. The molecule has 0 heterocycles. The molecule has 0 spiro atoms. The molecule has 0 saturated carbocycles. The van der Waals surface area contributed by atoms with E-state index >= 15 is 0 Å². The number of carbonyl (C=O) groups excluding carboxylic acids is 1. The number of carbonyl (C=O) groups is 1. The average molecular weight is 256 g/mol. The van der Waals surface area contributed by atoms with E-state index in [9.17, 15) is 4.79 Å². The van der Waals surface area contributed by atoms with Gasteiger partial charge < -0.3 is 9.47 Å². The van der Waals surface area contributed by atoms with Crippen molar-refractivity contribution in [1.29, 1.82) is 0 Å². The van der Waals surface area contributed by atoms with E-state index < -0.39 is 5.97 Å². The highest BCUT2D eigenvalue weighted by Gasteiger charge is 2.07. The smallest absolute Gasteiger partial charge is 0.349 e. The summed E-state index contributed by atoms with van der Waals surface area (Å²) in [6.07, 6.45) is 0. The number of hydrogen-bond acceptors (Lipinski definition) is 3. The SMILES string of the molecule is Cc1cccc(OCC(=O)Oc2ccccc2)c1C. The standard InChI is InChI=1S/C16H16O3/c1-12-7-6-10-15(13(12)2)18-11-16(17)19-14-8-4-3-5-9-14/h3-10H,11H2,1-2H3. The Labute approximate surface area is 112 Å². The van der Waals surface area contributed by atoms with E-state index in [4.69, 9.17) is 9.47 Å². The molecular weight excluding hydrogens is 240 g/mol. The van der Waals surface area contributed by atoms with Crippen LogP contribution in [0.5, 0.6) is 11.5 Å². The summed E-state index contributed by atoms with van der Waals surface area (Å²) < 4.78 is 10.6. The van der Waals surface area contributed by atoms with Crippen LogP contribution in [-0.4, -0.2) is 12.6 Å². The molecule has 98 valence electrons. The second-order valence-electron chi connectivity index (χ2n) is 4.27. The Morgan fingerprint density at radius 2 is 1.74 bits per heavy atom. The molecule has 0 bridgehead atoms. The first-order chi connectivity index (χ1) is 9.16. The van der Waals surface area contributed by atoms with Gasteiger partial charge in [-0.1, -0.05) is 30.3 Å². The lowest BCUT2D eigenvalue weighted by molar-refractivity contribution is -0.136. The second kappa shape index (κ2) is 6.05. The summed E-state index contributed by atoms with van der Waals surface area (Å²) in [4.78, 5) is 11.6. The quantitative estimate of drug-likeness (QED) is 0.622. The molecule has 0 N–H and O–H groups in total. The van der Waals surface area contributed by atoms with Crippen molar-refractivity contribution < 1.29 is 14.3 Å². The topological polar surface area (TPSA) is 35.5 Å². The van der Waals surface area contributed by atoms with Crippen LogP contribution in [0.3, 0.4) is 0 Å². The average Bonchev–Trinajstić information content (AvgIpc) is 2.42. The summed E-state index contributed by atoms with van der Waals surface area (Å²) in [5, 5.41) is 0. The fourth-order valence-electron chi connectivity index (χ4n) is 1.67. The third kappa shape index (κ3) is 3.58. The van der Waals surface area contributed by atoms with Gasteiger partial charge in [0.05, 0.1) is 0 Å². The predicted octanol–water partition coefficient (Wildman–Crippen LogP) is 3.29. The number of aryl methyl sites for hydroxylation is 1. The molecule has 19 heavy (non-hydrogen) atoms. The lowest BCUT2D eigenvalue weighted by Crippen LogP contribution is -2.18. The molecule has 0 saturated heterocycles. The van der Waals surface area contributed by atoms with Gasteiger partial charge in [-0.05, 0) is 43.2 Å². The normalized spacial score (nSPS) is 10.0. The van der Waals surface area contributed by atoms with Gasteiger partial charge in [0.15, 0.2) is 6.61 Å². The zero-order valence-corrected chi connectivity index (χ0v) is 11.1. The van der Waals surface area contributed by atoms with Crippen LogP contribution in [0.4, 0.5) is 0 Å². The first-order valence-corrected chi connectivity index (χ1v) is 6.11. The molecule has 0 atom stereocenters. The third-order valence-corrected chi connectivity index (χ3v) is 2.88. The van der Waals surface area contributed by atoms with Crippen LogP contribution in [-0.2, 0) is 4.79 Å². The van der Waals surface area contributed by atoms with Gasteiger partial charge in [-0.15, -0.1) is 0 Å². The molecule has 0 aromatic heterocycles. The summed E-state index contributed by atoms with van der Waals surface area (Å²) in [7, 11) is 0. The largest absolute Gasteiger partial charge is 0.482 e. The van der Waals surface area contributed by atoms with Crippen LogP contribution >= 0.6 is 0 Å². The van der Waals surface area contributed by atoms with Crippen molar-refractivity contribution in [3.63, 3.8) is 0 Å². The lowest BCUT2D eigenvalue weighted by atomic mass is 10.1. The summed E-state index contributed by atoms with van der Waals surface area (Å²) in [5.74, 6) is 0.828. The minimum Gasteiger partial charge on any atom is -0.482 e. The van der Waals surface area contributed by atoms with Gasteiger partial charge >= 0.3 is 5.97 Å². The molecule has 0 aliphatic heterocycles. The Balaban J connectivity index is 1.92. The predicted molar refractivity (Wildman–Crippen MR) is 73.5 cm³/mol. The van der Waals surface area contributed by atoms with Crippen LogP contribution < -0.4 is 9.47 Å². The van der Waals surface area contributed by atoms with Gasteiger partial charge in [0, 0.05) is 0 Å². The molecule has 0 aliphatic rings. The van der Waals surface area contributed by atoms with Gasteiger partial charge in [-0.2, -0.15) is 0 Å². The van der Waals surface area contributed by atoms with Crippen molar-refractivity contribution in [3.8, 4) is 11.5 Å². The minimum absolute atomic E-state index is 0.0980. The van der Waals surface area contributed by atoms with Crippen molar-refractivity contribution in [1.82, 2.24) is 0 Å². The molecule has 0 amide bonds. The van der Waals surface area contributed by atoms with Gasteiger partial charge in [0.2, 0.25) is 0 Å². The van der Waals surface area contributed by atoms with Gasteiger partial charge in [-0.25, -0.2) is 4.79 Å². The number of benzene rings is 2. The molecule has 2 aromatic carbocycles. The zero-order valence-electron chi connectivity index (χ0n) is 11.1. The van der Waals surface area contributed by atoms with Crippen molar-refractivity contribution in [2.45, 2.75) is 13.8 Å². The number of rotatable bonds is 4. The van der Waals surface area contributed by atoms with Crippen LogP contribution in [0.1, 0.15) is 11.1 Å². The van der Waals surface area contributed by atoms with Crippen LogP contribution in [0.2, 0.25) is 0 Å². The van der Waals surface area contributed by atoms with Gasteiger partial charge in [0.1, 0.15) is 11.5 Å². The minimum atomic E-state index is -0.410. The Morgan fingerprint density at radius 3 is 2.47 bits per heavy atom. The van der Waals surface area contributed by atoms with E-state index in [0.717, 1.165) is 11.1 Å². The molecule has 2 aromatic rings. The summed E-state index contributed by atoms with van der Waals surface area (Å²) >= 11 is 0. The maximum absolute atomic E-state index is 11.6. The second-order valence-corrected chi connectivity index (χ2v) is 4.27. The molecular formula is C16H16O3. The number of para-hydroxylation sites is 1. The lowest BCUT2D eigenvalue weighted by Gasteiger charge is -2.10. The van der Waals surface area contributed by atoms with Gasteiger partial charge in [0.25, 0.3) is 0 Å². The fraction of sp³-hybridized carbons (Fsp3) is 0.188. The number of hydrogen-bond donors (Lipinski definition) is 0. The van der Waals surface area contributed by atoms with Crippen molar-refractivity contribution in [3.05, 3.63) is 59.7 Å². The highest BCUT2D eigenvalue weighted by atomic mass is 16.6. The van der Waals surface area contributed by atoms with E-state index in [1.165, 1.54) is 0 Å². The first-order valence-electron chi connectivity index (χ1n) is 6.11. The maximum Gasteiger partial charge on any atom is 0.349 e. The van der Waals surface area contributed by atoms with Crippen LogP contribution in [0.15, 0.2) is 48.5 Å². The van der Waals surface area contributed by atoms with E-state index in [-0.39, 0.29) is 6.61 Å². The molecule has 0 fully saturated rings. The molecule has 0 aliphatic carbocycles. The highest BCUT2D eigenvalue weighted by Crippen LogP contribution is 2.20. The summed E-state index contributed by atoms with van der Waals surface area (Å²) in [6.45, 7) is 3.87. The Morgan fingerprint density at radius 1 is 1.00 bits per heavy atom. The van der Waals surface area contributed by atoms with Crippen LogP contribution in [0.25, 0.3) is 0 Å². The van der Waals surface area contributed by atoms with Crippen molar-refractivity contribution in [2.75, 3.05) is 6.61 Å². The monoisotopic (exact) mass is 256 g/mol. The number of esters is 1. The molecule has 3 heteroatoms. The molecule has 3 nitrogen and oxygen atoms in total. The third-order valence-electron chi connectivity index (χ3n) is 2.88. The Hall–Kier alpha value is -2.29. The zero-order chi connectivity index (χ0) is 13.7. The van der Waals surface area contributed by atoms with Gasteiger partial charge in [-0.3, -0.25) is 0 Å². The van der Waals surface area contributed by atoms with Crippen molar-refractivity contribution >= 4 is 5.97 Å². The summed E-state index contributed by atoms with van der Waals surface area (Å²) in [6, 6.07) is 14.7. The van der Waals surface area contributed by atoms with E-state index in [1.807, 2.05) is 50.2 Å². The fourth-order valence-corrected chi connectivity index (χ4v) is 1.67.